The van der Waals surface area contributed by atoms with Crippen molar-refractivity contribution in [2.75, 3.05) is 18.4 Å². The minimum Gasteiger partial charge on any atom is -0.324 e. The fourth-order valence-corrected chi connectivity index (χ4v) is 3.51. The Morgan fingerprint density at radius 3 is 2.50 bits per heavy atom. The molecule has 0 aliphatic carbocycles. The van der Waals surface area contributed by atoms with Crippen LogP contribution in [0.15, 0.2) is 60.7 Å². The summed E-state index contributed by atoms with van der Waals surface area (Å²) >= 11 is 6.11. The molecule has 0 unspecified atom stereocenters. The predicted molar refractivity (Wildman–Crippen MR) is 103 cm³/mol. The van der Waals surface area contributed by atoms with Crippen LogP contribution in [0.3, 0.4) is 0 Å². The number of hydroxylamine groups is 1. The van der Waals surface area contributed by atoms with Crippen molar-refractivity contribution in [3.05, 3.63) is 71.3 Å². The monoisotopic (exact) mass is 369 g/mol. The number of benzene rings is 2. The number of rotatable bonds is 2. The number of hydrogen-bond donors (Lipinski definition) is 2. The van der Waals surface area contributed by atoms with Crippen LogP contribution in [0.4, 0.5) is 10.5 Å². The minimum absolute atomic E-state index is 0.133. The Balaban J connectivity index is 1.39. The van der Waals surface area contributed by atoms with E-state index in [1.807, 2.05) is 42.5 Å². The van der Waals surface area contributed by atoms with Gasteiger partial charge in [0, 0.05) is 25.9 Å². The van der Waals surface area contributed by atoms with E-state index in [0.717, 1.165) is 24.1 Å². The fourth-order valence-electron chi connectivity index (χ4n) is 3.33. The van der Waals surface area contributed by atoms with Gasteiger partial charge in [0.25, 0.3) is 0 Å². The highest BCUT2D eigenvalue weighted by Crippen LogP contribution is 2.34. The number of anilines is 1. The third-order valence-corrected chi connectivity index (χ3v) is 5.20. The third kappa shape index (κ3) is 3.41. The molecule has 4 rings (SSSR count). The Morgan fingerprint density at radius 2 is 1.77 bits per heavy atom. The Kier molecular flexibility index (Phi) is 4.57. The Hall–Kier alpha value is -2.50. The normalized spacial score (nSPS) is 18.3. The van der Waals surface area contributed by atoms with Crippen molar-refractivity contribution in [1.82, 2.24) is 10.4 Å². The molecular weight excluding hydrogens is 350 g/mol. The lowest BCUT2D eigenvalue weighted by molar-refractivity contribution is -0.0634. The van der Waals surface area contributed by atoms with Crippen LogP contribution >= 0.6 is 11.6 Å². The largest absolute Gasteiger partial charge is 0.324 e. The van der Waals surface area contributed by atoms with Gasteiger partial charge in [0.15, 0.2) is 0 Å². The summed E-state index contributed by atoms with van der Waals surface area (Å²) in [6, 6.07) is 17.2. The smallest absolute Gasteiger partial charge is 0.321 e. The molecular formula is C20H20ClN3O2. The van der Waals surface area contributed by atoms with Gasteiger partial charge in [-0.1, -0.05) is 54.1 Å². The average Bonchev–Trinajstić information content (AvgIpc) is 3.08. The molecule has 5 nitrogen and oxygen atoms in total. The average molecular weight is 370 g/mol. The lowest BCUT2D eigenvalue weighted by Crippen LogP contribution is -2.48. The predicted octanol–water partition coefficient (Wildman–Crippen LogP) is 4.28. The molecule has 1 fully saturated rings. The van der Waals surface area contributed by atoms with Gasteiger partial charge in [0.2, 0.25) is 0 Å². The lowest BCUT2D eigenvalue weighted by Gasteiger charge is -2.36. The van der Waals surface area contributed by atoms with Gasteiger partial charge in [-0.2, -0.15) is 0 Å². The first-order valence-electron chi connectivity index (χ1n) is 8.68. The molecule has 2 aliphatic rings. The van der Waals surface area contributed by atoms with Crippen LogP contribution in [0.5, 0.6) is 0 Å². The van der Waals surface area contributed by atoms with Gasteiger partial charge < -0.3 is 10.2 Å². The summed E-state index contributed by atoms with van der Waals surface area (Å²) < 4.78 is 0. The molecule has 0 aromatic heterocycles. The third-order valence-electron chi connectivity index (χ3n) is 4.87. The maximum absolute atomic E-state index is 12.5. The second-order valence-electron chi connectivity index (χ2n) is 6.59. The van der Waals surface area contributed by atoms with E-state index >= 15 is 0 Å². The van der Waals surface area contributed by atoms with Crippen molar-refractivity contribution < 1.29 is 9.63 Å². The van der Waals surface area contributed by atoms with Gasteiger partial charge >= 0.3 is 6.03 Å². The minimum atomic E-state index is -0.355. The van der Waals surface area contributed by atoms with Crippen LogP contribution in [0.25, 0.3) is 5.70 Å². The highest BCUT2D eigenvalue weighted by atomic mass is 35.5. The first-order valence-corrected chi connectivity index (χ1v) is 9.06. The Labute approximate surface area is 157 Å². The molecule has 2 aromatic rings. The van der Waals surface area contributed by atoms with Crippen LogP contribution in [0.2, 0.25) is 5.02 Å². The Morgan fingerprint density at radius 1 is 1.08 bits per heavy atom. The van der Waals surface area contributed by atoms with E-state index in [0.29, 0.717) is 23.8 Å². The number of carbonyl (C=O) groups is 1. The molecule has 1 spiro atoms. The zero-order valence-corrected chi connectivity index (χ0v) is 15.0. The molecule has 26 heavy (non-hydrogen) atoms. The number of carbonyl (C=O) groups excluding carboxylic acids is 1. The number of nitrogens with one attached hydrogen (secondary N) is 2. The maximum atomic E-state index is 12.5. The Bertz CT molecular complexity index is 830. The van der Waals surface area contributed by atoms with E-state index < -0.39 is 0 Å². The fraction of sp³-hybridized carbons (Fsp3) is 0.250. The molecule has 2 N–H and O–H groups in total. The van der Waals surface area contributed by atoms with Gasteiger partial charge in [-0.25, -0.2) is 4.79 Å². The summed E-state index contributed by atoms with van der Waals surface area (Å²) in [4.78, 5) is 20.2. The summed E-state index contributed by atoms with van der Waals surface area (Å²) in [6.07, 6.45) is 3.63. The quantitative estimate of drug-likeness (QED) is 0.830. The molecule has 2 heterocycles. The molecule has 0 bridgehead atoms. The number of para-hydroxylation sites is 1. The van der Waals surface area contributed by atoms with Crippen molar-refractivity contribution >= 4 is 29.0 Å². The first kappa shape index (κ1) is 16.9. The number of likely N-dealkylation sites (tertiary alicyclic amines) is 1. The molecule has 2 aliphatic heterocycles. The number of nitrogens with zero attached hydrogens (tertiary/aromatic N) is 1. The highest BCUT2D eigenvalue weighted by Gasteiger charge is 2.39. The maximum Gasteiger partial charge on any atom is 0.321 e. The van der Waals surface area contributed by atoms with E-state index in [4.69, 9.17) is 16.4 Å². The van der Waals surface area contributed by atoms with E-state index in [9.17, 15) is 4.79 Å². The van der Waals surface area contributed by atoms with Crippen LogP contribution in [-0.4, -0.2) is 29.6 Å². The van der Waals surface area contributed by atoms with Crippen LogP contribution < -0.4 is 10.8 Å². The van der Waals surface area contributed by atoms with E-state index in [1.54, 1.807) is 17.0 Å². The van der Waals surface area contributed by atoms with Gasteiger partial charge in [-0.3, -0.25) is 10.3 Å². The first-order chi connectivity index (χ1) is 12.7. The SMILES string of the molecule is O=C(Nc1ccccc1Cl)N1CCC2(C=C(c3ccccc3)NO2)CC1. The van der Waals surface area contributed by atoms with E-state index in [1.165, 1.54) is 0 Å². The van der Waals surface area contributed by atoms with Crippen molar-refractivity contribution in [3.63, 3.8) is 0 Å². The topological polar surface area (TPSA) is 53.6 Å². The van der Waals surface area contributed by atoms with Gasteiger partial charge in [0.1, 0.15) is 5.60 Å². The van der Waals surface area contributed by atoms with E-state index in [-0.39, 0.29) is 11.6 Å². The molecule has 134 valence electrons. The van der Waals surface area contributed by atoms with Crippen LogP contribution in [-0.2, 0) is 4.84 Å². The molecule has 0 atom stereocenters. The molecule has 0 radical (unpaired) electrons. The second-order valence-corrected chi connectivity index (χ2v) is 7.00. The van der Waals surface area contributed by atoms with Crippen molar-refractivity contribution in [1.29, 1.82) is 0 Å². The number of halogens is 1. The zero-order chi connectivity index (χ0) is 18.0. The molecule has 2 amide bonds. The summed E-state index contributed by atoms with van der Waals surface area (Å²) in [6.45, 7) is 1.24. The summed E-state index contributed by atoms with van der Waals surface area (Å²) in [7, 11) is 0. The second kappa shape index (κ2) is 7.02. The standard InChI is InChI=1S/C20H20ClN3O2/c21-16-8-4-5-9-17(16)22-19(25)24-12-10-20(11-13-24)14-18(23-26-20)15-6-2-1-3-7-15/h1-9,14,23H,10-13H2,(H,22,25). The van der Waals surface area contributed by atoms with E-state index in [2.05, 4.69) is 16.9 Å². The van der Waals surface area contributed by atoms with Crippen molar-refractivity contribution in [3.8, 4) is 0 Å². The van der Waals surface area contributed by atoms with Crippen molar-refractivity contribution in [2.24, 2.45) is 0 Å². The summed E-state index contributed by atoms with van der Waals surface area (Å²) in [5.74, 6) is 0. The highest BCUT2D eigenvalue weighted by molar-refractivity contribution is 6.33. The molecule has 6 heteroatoms. The molecule has 0 saturated carbocycles. The summed E-state index contributed by atoms with van der Waals surface area (Å²) in [5.41, 5.74) is 5.41. The van der Waals surface area contributed by atoms with Gasteiger partial charge in [0.05, 0.1) is 16.4 Å². The number of urea groups is 1. The van der Waals surface area contributed by atoms with Crippen LogP contribution in [0, 0.1) is 0 Å². The lowest BCUT2D eigenvalue weighted by atomic mass is 9.90. The van der Waals surface area contributed by atoms with Crippen LogP contribution in [0.1, 0.15) is 18.4 Å². The van der Waals surface area contributed by atoms with Gasteiger partial charge in [-0.15, -0.1) is 0 Å². The molecule has 2 aromatic carbocycles. The number of hydrogen-bond acceptors (Lipinski definition) is 3. The number of amides is 2. The van der Waals surface area contributed by atoms with Gasteiger partial charge in [-0.05, 0) is 23.8 Å². The summed E-state index contributed by atoms with van der Waals surface area (Å²) in [5, 5.41) is 3.41. The molecule has 1 saturated heterocycles. The zero-order valence-electron chi connectivity index (χ0n) is 14.2. The van der Waals surface area contributed by atoms with Crippen molar-refractivity contribution in [2.45, 2.75) is 18.4 Å². The number of piperidine rings is 1.